The molecule has 277 valence electrons. The van der Waals surface area contributed by atoms with Gasteiger partial charge in [0.25, 0.3) is 0 Å². The molecule has 3 aromatic carbocycles. The molecule has 3 heterocycles. The van der Waals surface area contributed by atoms with E-state index in [4.69, 9.17) is 9.40 Å². The van der Waals surface area contributed by atoms with Crippen molar-refractivity contribution in [3.8, 4) is 22.6 Å². The number of hydrogen-bond acceptors (Lipinski definition) is 5. The Morgan fingerprint density at radius 3 is 2.17 bits per heavy atom. The first kappa shape index (κ1) is 41.2. The standard InChI is InChI=1S/C31H26NOS.C15H28O2.Ir/c1-18-17-34-27-11-10-21(15-24(18)27)30-19(2)28-26(33-30)12-13-32-29(28)22-14-20-8-6-7-9-23(20)25(16-22)31(3,4)5;1-7-14(5,8-2)12(16)11-13(17)15(6,9-3)10-4;/h6-13,15-17H,1-5H3;11,16H,7-10H2,1-6H3;/q-1;;/b;12-11-;. The van der Waals surface area contributed by atoms with Gasteiger partial charge in [0.15, 0.2) is 5.78 Å². The number of carbonyl (C=O) groups excluding carboxylic acids is 1. The van der Waals surface area contributed by atoms with E-state index in [1.165, 1.54) is 32.7 Å². The minimum absolute atomic E-state index is 0. The number of furan rings is 1. The normalized spacial score (nSPS) is 12.6. The third kappa shape index (κ3) is 8.00. The number of aromatic nitrogens is 1. The molecule has 3 aromatic heterocycles. The van der Waals surface area contributed by atoms with Gasteiger partial charge in [-0.15, -0.1) is 40.5 Å². The van der Waals surface area contributed by atoms with Gasteiger partial charge < -0.3 is 9.52 Å². The predicted molar refractivity (Wildman–Crippen MR) is 218 cm³/mol. The molecule has 0 spiro atoms. The van der Waals surface area contributed by atoms with Crippen LogP contribution in [0.3, 0.4) is 0 Å². The van der Waals surface area contributed by atoms with Crippen LogP contribution in [0.4, 0.5) is 0 Å². The molecule has 0 bridgehead atoms. The van der Waals surface area contributed by atoms with Gasteiger partial charge in [-0.3, -0.25) is 9.78 Å². The van der Waals surface area contributed by atoms with E-state index in [-0.39, 0.29) is 47.9 Å². The fraction of sp³-hybridized carbons (Fsp3) is 0.391. The maximum absolute atomic E-state index is 12.2. The first-order chi connectivity index (χ1) is 24.1. The zero-order valence-corrected chi connectivity index (χ0v) is 35.9. The summed E-state index contributed by atoms with van der Waals surface area (Å²) in [6.07, 6.45) is 6.60. The fourth-order valence-corrected chi connectivity index (χ4v) is 7.55. The number of aryl methyl sites for hydroxylation is 2. The average molecular weight is 893 g/mol. The zero-order chi connectivity index (χ0) is 37.3. The van der Waals surface area contributed by atoms with Crippen molar-refractivity contribution in [1.29, 1.82) is 0 Å². The number of nitrogens with zero attached hydrogens (tertiary/aromatic N) is 1. The maximum Gasteiger partial charge on any atom is 0.164 e. The van der Waals surface area contributed by atoms with Gasteiger partial charge in [-0.1, -0.05) is 91.5 Å². The Morgan fingerprint density at radius 1 is 0.885 bits per heavy atom. The van der Waals surface area contributed by atoms with Crippen LogP contribution in [-0.2, 0) is 30.3 Å². The number of benzene rings is 3. The quantitative estimate of drug-likeness (QED) is 0.0892. The van der Waals surface area contributed by atoms with Crippen LogP contribution in [0.1, 0.15) is 105 Å². The van der Waals surface area contributed by atoms with E-state index in [0.717, 1.165) is 70.2 Å². The number of fused-ring (bicyclic) bond motifs is 3. The minimum atomic E-state index is -0.337. The Labute approximate surface area is 328 Å². The van der Waals surface area contributed by atoms with E-state index < -0.39 is 0 Å². The second-order valence-electron chi connectivity index (χ2n) is 15.5. The summed E-state index contributed by atoms with van der Waals surface area (Å²) in [5, 5.41) is 17.1. The summed E-state index contributed by atoms with van der Waals surface area (Å²) >= 11 is 1.79. The van der Waals surface area contributed by atoms with Crippen molar-refractivity contribution in [2.45, 2.75) is 107 Å². The van der Waals surface area contributed by atoms with Gasteiger partial charge in [0.1, 0.15) is 17.1 Å². The molecule has 52 heavy (non-hydrogen) atoms. The first-order valence-corrected chi connectivity index (χ1v) is 19.3. The topological polar surface area (TPSA) is 63.3 Å². The molecule has 0 aliphatic heterocycles. The maximum atomic E-state index is 12.2. The molecule has 0 saturated heterocycles. The van der Waals surface area contributed by atoms with Crippen molar-refractivity contribution in [3.05, 3.63) is 101 Å². The molecular weight excluding hydrogens is 839 g/mol. The molecule has 1 N–H and O–H groups in total. The van der Waals surface area contributed by atoms with E-state index in [0.29, 0.717) is 0 Å². The molecule has 0 amide bonds. The summed E-state index contributed by atoms with van der Waals surface area (Å²) in [5.41, 5.74) is 7.02. The summed E-state index contributed by atoms with van der Waals surface area (Å²) in [5.74, 6) is 1.20. The summed E-state index contributed by atoms with van der Waals surface area (Å²) in [6.45, 7) is 23.2. The number of thiophene rings is 1. The van der Waals surface area contributed by atoms with Gasteiger partial charge in [-0.05, 0) is 91.1 Å². The number of pyridine rings is 1. The Kier molecular flexibility index (Phi) is 12.8. The molecule has 1 radical (unpaired) electrons. The van der Waals surface area contributed by atoms with Crippen molar-refractivity contribution in [1.82, 2.24) is 4.98 Å². The summed E-state index contributed by atoms with van der Waals surface area (Å²) < 4.78 is 7.75. The van der Waals surface area contributed by atoms with Gasteiger partial charge in [0.2, 0.25) is 0 Å². The number of allylic oxidation sites excluding steroid dienone is 2. The Hall–Kier alpha value is -3.57. The number of aliphatic hydroxyl groups is 1. The SMILES string of the molecule is CCC(C)(CC)C(=O)/C=C(\O)C(C)(CC)CC.Cc1csc2ccc(-c3oc4ccnc(-c5[c-]c6ccccc6c(C(C)(C)C)c5)c4c3C)cc12.[Ir]. The summed E-state index contributed by atoms with van der Waals surface area (Å²) in [7, 11) is 0. The Bertz CT molecular complexity index is 2220. The summed E-state index contributed by atoms with van der Waals surface area (Å²) in [6, 6.07) is 23.0. The van der Waals surface area contributed by atoms with E-state index in [1.807, 2.05) is 53.8 Å². The predicted octanol–water partition coefficient (Wildman–Crippen LogP) is 13.9. The zero-order valence-electron chi connectivity index (χ0n) is 32.7. The largest absolute Gasteiger partial charge is 0.512 e. The van der Waals surface area contributed by atoms with Crippen molar-refractivity contribution in [2.75, 3.05) is 0 Å². The number of rotatable bonds is 9. The van der Waals surface area contributed by atoms with Crippen LogP contribution in [0, 0.1) is 30.7 Å². The molecule has 6 heteroatoms. The molecule has 4 nitrogen and oxygen atoms in total. The molecule has 0 unspecified atom stereocenters. The van der Waals surface area contributed by atoms with Crippen LogP contribution in [-0.4, -0.2) is 15.9 Å². The second-order valence-corrected chi connectivity index (χ2v) is 16.5. The smallest absolute Gasteiger partial charge is 0.164 e. The van der Waals surface area contributed by atoms with Crippen LogP contribution >= 0.6 is 11.3 Å². The van der Waals surface area contributed by atoms with Crippen LogP contribution in [0.5, 0.6) is 0 Å². The Morgan fingerprint density at radius 2 is 1.54 bits per heavy atom. The van der Waals surface area contributed by atoms with Gasteiger partial charge in [-0.25, -0.2) is 0 Å². The third-order valence-corrected chi connectivity index (χ3v) is 12.4. The van der Waals surface area contributed by atoms with Crippen molar-refractivity contribution >= 4 is 48.9 Å². The van der Waals surface area contributed by atoms with E-state index in [2.05, 4.69) is 94.6 Å². The van der Waals surface area contributed by atoms with Crippen LogP contribution in [0.2, 0.25) is 0 Å². The third-order valence-electron chi connectivity index (χ3n) is 11.3. The van der Waals surface area contributed by atoms with Gasteiger partial charge in [0, 0.05) is 64.6 Å². The van der Waals surface area contributed by atoms with Crippen LogP contribution in [0.25, 0.3) is 54.4 Å². The van der Waals surface area contributed by atoms with E-state index in [9.17, 15) is 9.90 Å². The van der Waals surface area contributed by atoms with Crippen molar-refractivity contribution in [3.63, 3.8) is 0 Å². The molecular formula is C46H54IrNO3S-. The fourth-order valence-electron chi connectivity index (χ4n) is 6.63. The molecule has 0 atom stereocenters. The molecule has 0 saturated carbocycles. The van der Waals surface area contributed by atoms with Crippen molar-refractivity contribution in [2.24, 2.45) is 10.8 Å². The minimum Gasteiger partial charge on any atom is -0.512 e. The van der Waals surface area contributed by atoms with Crippen LogP contribution < -0.4 is 0 Å². The summed E-state index contributed by atoms with van der Waals surface area (Å²) in [4.78, 5) is 17.0. The van der Waals surface area contributed by atoms with Gasteiger partial charge >= 0.3 is 0 Å². The number of aliphatic hydroxyl groups excluding tert-OH is 1. The first-order valence-electron chi connectivity index (χ1n) is 18.4. The van der Waals surface area contributed by atoms with Crippen LogP contribution in [0.15, 0.2) is 82.4 Å². The molecule has 0 aliphatic rings. The van der Waals surface area contributed by atoms with Crippen molar-refractivity contribution < 1.29 is 34.4 Å². The molecule has 0 aliphatic carbocycles. The molecule has 0 fully saturated rings. The van der Waals surface area contributed by atoms with E-state index in [1.54, 1.807) is 11.3 Å². The van der Waals surface area contributed by atoms with Gasteiger partial charge in [0.05, 0.1) is 0 Å². The monoisotopic (exact) mass is 893 g/mol. The second kappa shape index (κ2) is 16.2. The molecule has 6 aromatic rings. The average Bonchev–Trinajstić information content (AvgIpc) is 3.68. The number of hydrogen-bond donors (Lipinski definition) is 1. The Balaban J connectivity index is 0.000000289. The number of carbonyl (C=O) groups is 1. The van der Waals surface area contributed by atoms with Gasteiger partial charge in [-0.2, -0.15) is 0 Å². The van der Waals surface area contributed by atoms with E-state index >= 15 is 0 Å². The molecule has 6 rings (SSSR count). The number of ketones is 1.